The van der Waals surface area contributed by atoms with Crippen molar-refractivity contribution in [2.24, 2.45) is 5.92 Å². The van der Waals surface area contributed by atoms with Crippen molar-refractivity contribution in [3.63, 3.8) is 0 Å². The van der Waals surface area contributed by atoms with E-state index in [1.54, 1.807) is 13.0 Å². The van der Waals surface area contributed by atoms with Gasteiger partial charge in [0.25, 0.3) is 0 Å². The molecule has 2 N–H and O–H groups in total. The summed E-state index contributed by atoms with van der Waals surface area (Å²) in [6.07, 6.45) is -1.56. The first-order valence-corrected chi connectivity index (χ1v) is 7.90. The third-order valence-electron chi connectivity index (χ3n) is 4.29. The van der Waals surface area contributed by atoms with Crippen LogP contribution in [0.4, 0.5) is 13.2 Å². The summed E-state index contributed by atoms with van der Waals surface area (Å²) in [6, 6.07) is 5.15. The number of benzene rings is 1. The smallest absolute Gasteiger partial charge is 0.393 e. The maximum absolute atomic E-state index is 12.7. The molecule has 1 aromatic carbocycles. The monoisotopic (exact) mass is 329 g/mol. The van der Waals surface area contributed by atoms with E-state index in [9.17, 15) is 23.1 Å². The summed E-state index contributed by atoms with van der Waals surface area (Å²) in [7, 11) is 0. The highest BCUT2D eigenvalue weighted by molar-refractivity contribution is 5.78. The molecule has 128 valence electrons. The lowest BCUT2D eigenvalue weighted by atomic mass is 9.92. The van der Waals surface area contributed by atoms with Crippen molar-refractivity contribution in [3.8, 4) is 0 Å². The summed E-state index contributed by atoms with van der Waals surface area (Å²) in [5.74, 6) is -0.547. The molecule has 6 heteroatoms. The van der Waals surface area contributed by atoms with Gasteiger partial charge in [0.15, 0.2) is 0 Å². The lowest BCUT2D eigenvalue weighted by molar-refractivity contribution is -0.137. The zero-order valence-corrected chi connectivity index (χ0v) is 13.1. The maximum Gasteiger partial charge on any atom is 0.416 e. The lowest BCUT2D eigenvalue weighted by Crippen LogP contribution is -2.41. The first kappa shape index (κ1) is 17.8. The Balaban J connectivity index is 1.91. The molecule has 0 heterocycles. The first-order chi connectivity index (χ1) is 10.8. The van der Waals surface area contributed by atoms with Crippen LogP contribution in [0.25, 0.3) is 0 Å². The van der Waals surface area contributed by atoms with Gasteiger partial charge >= 0.3 is 6.18 Å². The number of alkyl halides is 3. The summed E-state index contributed by atoms with van der Waals surface area (Å²) in [5, 5.41) is 12.4. The Morgan fingerprint density at radius 1 is 1.30 bits per heavy atom. The van der Waals surface area contributed by atoms with Gasteiger partial charge in [-0.3, -0.25) is 4.79 Å². The summed E-state index contributed by atoms with van der Waals surface area (Å²) in [6.45, 7) is 1.72. The molecule has 1 amide bonds. The predicted molar refractivity (Wildman–Crippen MR) is 80.7 cm³/mol. The maximum atomic E-state index is 12.7. The number of halogens is 3. The second-order valence-corrected chi connectivity index (χ2v) is 6.32. The first-order valence-electron chi connectivity index (χ1n) is 7.90. The van der Waals surface area contributed by atoms with Gasteiger partial charge in [-0.25, -0.2) is 0 Å². The van der Waals surface area contributed by atoms with Gasteiger partial charge < -0.3 is 10.4 Å². The molecular weight excluding hydrogens is 307 g/mol. The van der Waals surface area contributed by atoms with Crippen LogP contribution in [0.15, 0.2) is 24.3 Å². The van der Waals surface area contributed by atoms with Gasteiger partial charge in [-0.15, -0.1) is 0 Å². The third kappa shape index (κ3) is 5.23. The van der Waals surface area contributed by atoms with Crippen LogP contribution in [-0.4, -0.2) is 23.2 Å². The van der Waals surface area contributed by atoms with E-state index in [2.05, 4.69) is 5.32 Å². The molecule has 1 aliphatic carbocycles. The highest BCUT2D eigenvalue weighted by atomic mass is 19.4. The molecule has 1 aliphatic rings. The fourth-order valence-electron chi connectivity index (χ4n) is 2.88. The Hall–Kier alpha value is -1.56. The fourth-order valence-corrected chi connectivity index (χ4v) is 2.88. The minimum atomic E-state index is -4.37. The molecule has 0 saturated heterocycles. The Morgan fingerprint density at radius 3 is 2.57 bits per heavy atom. The number of aliphatic hydroxyl groups is 1. The summed E-state index contributed by atoms with van der Waals surface area (Å²) in [4.78, 5) is 12.2. The molecule has 3 nitrogen and oxygen atoms in total. The van der Waals surface area contributed by atoms with Crippen molar-refractivity contribution in [1.82, 2.24) is 5.32 Å². The van der Waals surface area contributed by atoms with Crippen molar-refractivity contribution in [3.05, 3.63) is 35.4 Å². The topological polar surface area (TPSA) is 49.3 Å². The molecule has 1 saturated carbocycles. The van der Waals surface area contributed by atoms with Gasteiger partial charge in [-0.1, -0.05) is 25.1 Å². The van der Waals surface area contributed by atoms with Crippen LogP contribution in [-0.2, 0) is 17.4 Å². The van der Waals surface area contributed by atoms with Crippen molar-refractivity contribution in [2.75, 3.05) is 0 Å². The van der Waals surface area contributed by atoms with Crippen molar-refractivity contribution in [1.29, 1.82) is 0 Å². The van der Waals surface area contributed by atoms with Crippen LogP contribution in [0.5, 0.6) is 0 Å². The molecule has 0 spiro atoms. The van der Waals surface area contributed by atoms with Crippen LogP contribution in [0.3, 0.4) is 0 Å². The predicted octanol–water partition coefficient (Wildman–Crippen LogP) is 3.30. The minimum Gasteiger partial charge on any atom is -0.393 e. The number of carbonyl (C=O) groups is 1. The van der Waals surface area contributed by atoms with Crippen molar-refractivity contribution >= 4 is 5.91 Å². The standard InChI is InChI=1S/C17H22F3NO2/c1-11(16(23)21-14-5-7-15(22)8-6-14)9-12-3-2-4-13(10-12)17(18,19)20/h2-4,10-11,14-15,22H,5-9H2,1H3,(H,21,23). The van der Waals surface area contributed by atoms with E-state index in [0.29, 0.717) is 18.4 Å². The number of aliphatic hydroxyl groups excluding tert-OH is 1. The van der Waals surface area contributed by atoms with Crippen LogP contribution in [0, 0.1) is 5.92 Å². The van der Waals surface area contributed by atoms with Crippen LogP contribution < -0.4 is 5.32 Å². The summed E-state index contributed by atoms with van der Waals surface area (Å²) >= 11 is 0. The molecule has 2 rings (SSSR count). The quantitative estimate of drug-likeness (QED) is 0.890. The Labute approximate surface area is 133 Å². The van der Waals surface area contributed by atoms with E-state index in [-0.39, 0.29) is 24.5 Å². The van der Waals surface area contributed by atoms with E-state index in [4.69, 9.17) is 0 Å². The number of carbonyl (C=O) groups excluding carboxylic acids is 1. The highest BCUT2D eigenvalue weighted by Gasteiger charge is 2.30. The Kier molecular flexibility index (Phi) is 5.68. The van der Waals surface area contributed by atoms with Crippen LogP contribution in [0.1, 0.15) is 43.7 Å². The zero-order chi connectivity index (χ0) is 17.0. The van der Waals surface area contributed by atoms with E-state index >= 15 is 0 Å². The fraction of sp³-hybridized carbons (Fsp3) is 0.588. The lowest BCUT2D eigenvalue weighted by Gasteiger charge is -2.27. The van der Waals surface area contributed by atoms with E-state index in [1.807, 2.05) is 0 Å². The average molecular weight is 329 g/mol. The van der Waals surface area contributed by atoms with E-state index in [1.165, 1.54) is 6.07 Å². The summed E-state index contributed by atoms with van der Waals surface area (Å²) < 4.78 is 38.1. The van der Waals surface area contributed by atoms with Crippen LogP contribution in [0.2, 0.25) is 0 Å². The zero-order valence-electron chi connectivity index (χ0n) is 13.1. The summed E-state index contributed by atoms with van der Waals surface area (Å²) in [5.41, 5.74) is -0.189. The average Bonchev–Trinajstić information content (AvgIpc) is 2.49. The normalized spacial score (nSPS) is 23.3. The van der Waals surface area contributed by atoms with E-state index in [0.717, 1.165) is 25.0 Å². The largest absolute Gasteiger partial charge is 0.416 e. The number of amides is 1. The Bertz CT molecular complexity index is 537. The number of hydrogen-bond acceptors (Lipinski definition) is 2. The van der Waals surface area contributed by atoms with Crippen molar-refractivity contribution in [2.45, 2.75) is 57.3 Å². The SMILES string of the molecule is CC(Cc1cccc(C(F)(F)F)c1)C(=O)NC1CCC(O)CC1. The minimum absolute atomic E-state index is 0.0508. The van der Waals surface area contributed by atoms with E-state index < -0.39 is 17.7 Å². The number of nitrogens with one attached hydrogen (secondary N) is 1. The van der Waals surface area contributed by atoms with Crippen LogP contribution >= 0.6 is 0 Å². The second-order valence-electron chi connectivity index (χ2n) is 6.32. The van der Waals surface area contributed by atoms with Gasteiger partial charge in [0, 0.05) is 12.0 Å². The van der Waals surface area contributed by atoms with Gasteiger partial charge in [0.05, 0.1) is 11.7 Å². The molecule has 0 aromatic heterocycles. The number of rotatable bonds is 4. The molecule has 0 aliphatic heterocycles. The second kappa shape index (κ2) is 7.34. The third-order valence-corrected chi connectivity index (χ3v) is 4.29. The molecule has 23 heavy (non-hydrogen) atoms. The van der Waals surface area contributed by atoms with Gasteiger partial charge in [0.2, 0.25) is 5.91 Å². The molecular formula is C17H22F3NO2. The van der Waals surface area contributed by atoms with Crippen molar-refractivity contribution < 1.29 is 23.1 Å². The molecule has 1 atom stereocenters. The highest BCUT2D eigenvalue weighted by Crippen LogP contribution is 2.30. The molecule has 0 bridgehead atoms. The van der Waals surface area contributed by atoms with Gasteiger partial charge in [-0.05, 0) is 43.7 Å². The molecule has 1 unspecified atom stereocenters. The molecule has 0 radical (unpaired) electrons. The Morgan fingerprint density at radius 2 is 1.96 bits per heavy atom. The van der Waals surface area contributed by atoms with Gasteiger partial charge in [-0.2, -0.15) is 13.2 Å². The van der Waals surface area contributed by atoms with Gasteiger partial charge in [0.1, 0.15) is 0 Å². The number of hydrogen-bond donors (Lipinski definition) is 2. The molecule has 1 fully saturated rings. The molecule has 1 aromatic rings.